The Bertz CT molecular complexity index is 1200. The third-order valence-electron chi connectivity index (χ3n) is 10.3. The first-order chi connectivity index (χ1) is 26.5. The molecule has 0 aliphatic carbocycles. The molecule has 0 amide bonds. The van der Waals surface area contributed by atoms with Crippen LogP contribution in [0.3, 0.4) is 0 Å². The van der Waals surface area contributed by atoms with E-state index in [0.717, 1.165) is 47.5 Å². The zero-order chi connectivity index (χ0) is 39.2. The Balaban J connectivity index is 0.000000797. The maximum absolute atomic E-state index is 10.3. The first-order valence-corrected chi connectivity index (χ1v) is 22.5. The summed E-state index contributed by atoms with van der Waals surface area (Å²) in [6.45, 7) is 4.54. The van der Waals surface area contributed by atoms with Crippen LogP contribution in [0, 0.1) is 0 Å². The van der Waals surface area contributed by atoms with Gasteiger partial charge in [0.15, 0.2) is 0 Å². The molecule has 55 heavy (non-hydrogen) atoms. The molecule has 0 aliphatic heterocycles. The largest absolute Gasteiger partial charge is 0.481 e. The van der Waals surface area contributed by atoms with Crippen molar-refractivity contribution in [3.05, 3.63) is 48.8 Å². The van der Waals surface area contributed by atoms with Crippen LogP contribution in [0.1, 0.15) is 219 Å². The fourth-order valence-corrected chi connectivity index (χ4v) is 6.97. The van der Waals surface area contributed by atoms with Crippen LogP contribution in [0.2, 0.25) is 0 Å². The summed E-state index contributed by atoms with van der Waals surface area (Å²) in [5.41, 5.74) is 1.95. The molecule has 6 nitrogen and oxygen atoms in total. The number of nitrogens with zero attached hydrogens (tertiary/aromatic N) is 2. The Morgan fingerprint density at radius 2 is 0.636 bits per heavy atom. The van der Waals surface area contributed by atoms with E-state index in [1.165, 1.54) is 167 Å². The van der Waals surface area contributed by atoms with Crippen molar-refractivity contribution >= 4 is 33.7 Å². The molecular formula is C48H80CuN2O4. The Kier molecular flexibility index (Phi) is 37.9. The molecular weight excluding hydrogens is 732 g/mol. The molecule has 317 valence electrons. The van der Waals surface area contributed by atoms with Gasteiger partial charge in [-0.2, -0.15) is 0 Å². The minimum Gasteiger partial charge on any atom is -0.481 e. The van der Waals surface area contributed by atoms with E-state index in [1.54, 1.807) is 12.4 Å². The van der Waals surface area contributed by atoms with Gasteiger partial charge in [0, 0.05) is 53.1 Å². The first kappa shape index (κ1) is 52.5. The van der Waals surface area contributed by atoms with Crippen LogP contribution >= 0.6 is 0 Å². The monoisotopic (exact) mass is 812 g/mol. The van der Waals surface area contributed by atoms with Crippen molar-refractivity contribution < 1.29 is 36.9 Å². The fraction of sp³-hybridized carbons (Fsp3) is 0.708. The van der Waals surface area contributed by atoms with Crippen molar-refractivity contribution in [3.63, 3.8) is 0 Å². The molecule has 0 bridgehead atoms. The van der Waals surface area contributed by atoms with Crippen LogP contribution in [0.4, 0.5) is 0 Å². The maximum atomic E-state index is 10.3. The van der Waals surface area contributed by atoms with Gasteiger partial charge in [-0.25, -0.2) is 0 Å². The van der Waals surface area contributed by atoms with E-state index in [1.807, 2.05) is 12.1 Å². The summed E-state index contributed by atoms with van der Waals surface area (Å²) >= 11 is 0. The Labute approximate surface area is 347 Å². The summed E-state index contributed by atoms with van der Waals surface area (Å²) in [5.74, 6) is -1.31. The topological polar surface area (TPSA) is 100 Å². The Morgan fingerprint density at radius 3 is 0.873 bits per heavy atom. The second-order valence-electron chi connectivity index (χ2n) is 15.4. The molecule has 0 spiro atoms. The zero-order valence-electron chi connectivity index (χ0n) is 35.2. The van der Waals surface area contributed by atoms with Crippen molar-refractivity contribution in [1.82, 2.24) is 9.97 Å². The van der Waals surface area contributed by atoms with Crippen molar-refractivity contribution in [2.75, 3.05) is 0 Å². The molecule has 3 rings (SSSR count). The third kappa shape index (κ3) is 32.3. The maximum Gasteiger partial charge on any atom is 0.303 e. The molecule has 0 atom stereocenters. The summed E-state index contributed by atoms with van der Waals surface area (Å²) in [7, 11) is 0. The smallest absolute Gasteiger partial charge is 0.303 e. The third-order valence-corrected chi connectivity index (χ3v) is 10.3. The van der Waals surface area contributed by atoms with Crippen LogP contribution in [-0.2, 0) is 26.7 Å². The number of hydrogen-bond donors (Lipinski definition) is 2. The van der Waals surface area contributed by atoms with Gasteiger partial charge in [-0.05, 0) is 25.0 Å². The van der Waals surface area contributed by atoms with Crippen LogP contribution in [0.5, 0.6) is 0 Å². The molecule has 0 fully saturated rings. The molecule has 0 saturated carbocycles. The normalized spacial score (nSPS) is 10.7. The average Bonchev–Trinajstić information content (AvgIpc) is 3.18. The molecule has 1 aromatic carbocycles. The number of pyridine rings is 2. The Hall–Kier alpha value is -2.50. The minimum absolute atomic E-state index is 0. The molecule has 3 aromatic rings. The molecule has 7 heteroatoms. The van der Waals surface area contributed by atoms with Gasteiger partial charge >= 0.3 is 11.9 Å². The second-order valence-corrected chi connectivity index (χ2v) is 15.4. The van der Waals surface area contributed by atoms with Gasteiger partial charge in [-0.1, -0.05) is 218 Å². The minimum atomic E-state index is -0.653. The number of aromatic nitrogens is 2. The summed E-state index contributed by atoms with van der Waals surface area (Å²) in [6.07, 6.45) is 44.0. The molecule has 2 aromatic heterocycles. The quantitative estimate of drug-likeness (QED) is 0.0370. The van der Waals surface area contributed by atoms with Gasteiger partial charge in [0.2, 0.25) is 0 Å². The number of aliphatic carboxylic acids is 2. The van der Waals surface area contributed by atoms with Gasteiger partial charge in [0.25, 0.3) is 0 Å². The molecule has 2 heterocycles. The molecule has 0 saturated heterocycles. The van der Waals surface area contributed by atoms with E-state index < -0.39 is 11.9 Å². The SMILES string of the molecule is CCCCCCCCCCCCCCCCCC(=O)O.CCCCCCCCCCCCCCCCCC(=O)O.[Cu].c1cnc2c(c1)ccc1cccnc12. The fourth-order valence-electron chi connectivity index (χ4n) is 6.97. The number of benzene rings is 1. The van der Waals surface area contributed by atoms with Gasteiger partial charge in [0.05, 0.1) is 11.0 Å². The van der Waals surface area contributed by atoms with E-state index >= 15 is 0 Å². The number of rotatable bonds is 32. The predicted octanol–water partition coefficient (Wildman–Crippen LogP) is 15.4. The number of carboxylic acid groups (broad SMARTS) is 2. The van der Waals surface area contributed by atoms with Crippen molar-refractivity contribution in [1.29, 1.82) is 0 Å². The summed E-state index contributed by atoms with van der Waals surface area (Å²) in [5, 5.41) is 19.3. The zero-order valence-corrected chi connectivity index (χ0v) is 36.1. The van der Waals surface area contributed by atoms with E-state index in [4.69, 9.17) is 10.2 Å². The van der Waals surface area contributed by atoms with Crippen molar-refractivity contribution in [2.45, 2.75) is 219 Å². The standard InChI is InChI=1S/2C18H36O2.C12H8N2.Cu/c2*1-2-3-4-5-6-7-8-9-10-11-12-13-14-15-16-17-18(19)20;1-3-9-5-6-10-4-2-8-14-12(10)11(9)13-7-1;/h2*2-17H2,1H3,(H,19,20);1-8H;. The molecule has 1 radical (unpaired) electrons. The predicted molar refractivity (Wildman–Crippen MR) is 231 cm³/mol. The van der Waals surface area contributed by atoms with E-state index in [2.05, 4.69) is 48.1 Å². The van der Waals surface area contributed by atoms with Gasteiger partial charge in [0.1, 0.15) is 0 Å². The van der Waals surface area contributed by atoms with E-state index in [9.17, 15) is 9.59 Å². The average molecular weight is 813 g/mol. The molecule has 2 N–H and O–H groups in total. The van der Waals surface area contributed by atoms with E-state index in [-0.39, 0.29) is 17.1 Å². The van der Waals surface area contributed by atoms with E-state index in [0.29, 0.717) is 12.8 Å². The van der Waals surface area contributed by atoms with Crippen molar-refractivity contribution in [3.8, 4) is 0 Å². The number of unbranched alkanes of at least 4 members (excludes halogenated alkanes) is 28. The number of hydrogen-bond acceptors (Lipinski definition) is 4. The van der Waals surface area contributed by atoms with Crippen LogP contribution in [-0.4, -0.2) is 32.1 Å². The molecule has 0 unspecified atom stereocenters. The van der Waals surface area contributed by atoms with Crippen LogP contribution in [0.15, 0.2) is 48.8 Å². The first-order valence-electron chi connectivity index (χ1n) is 22.5. The van der Waals surface area contributed by atoms with Gasteiger partial charge < -0.3 is 10.2 Å². The van der Waals surface area contributed by atoms with Gasteiger partial charge in [-0.3, -0.25) is 19.6 Å². The Morgan fingerprint density at radius 1 is 0.400 bits per heavy atom. The summed E-state index contributed by atoms with van der Waals surface area (Å²) in [4.78, 5) is 29.4. The molecule has 0 aliphatic rings. The summed E-state index contributed by atoms with van der Waals surface area (Å²) < 4.78 is 0. The van der Waals surface area contributed by atoms with Gasteiger partial charge in [-0.15, -0.1) is 0 Å². The number of carbonyl (C=O) groups is 2. The summed E-state index contributed by atoms with van der Waals surface area (Å²) in [6, 6.07) is 12.1. The van der Waals surface area contributed by atoms with Crippen molar-refractivity contribution in [2.24, 2.45) is 0 Å². The van der Waals surface area contributed by atoms with Crippen LogP contribution < -0.4 is 0 Å². The number of fused-ring (bicyclic) bond motifs is 3. The number of carboxylic acids is 2. The van der Waals surface area contributed by atoms with Crippen LogP contribution in [0.25, 0.3) is 21.8 Å². The second kappa shape index (κ2) is 39.7.